The van der Waals surface area contributed by atoms with Gasteiger partial charge in [-0.15, -0.1) is 0 Å². The van der Waals surface area contributed by atoms with Crippen LogP contribution in [0.25, 0.3) is 0 Å². The number of anilines is 1. The minimum Gasteiger partial charge on any atom is -0.493 e. The van der Waals surface area contributed by atoms with Gasteiger partial charge < -0.3 is 19.7 Å². The second-order valence-corrected chi connectivity index (χ2v) is 11.1. The lowest BCUT2D eigenvalue weighted by Gasteiger charge is -2.31. The zero-order chi connectivity index (χ0) is 27.9. The summed E-state index contributed by atoms with van der Waals surface area (Å²) in [5, 5.41) is 2.56. The highest BCUT2D eigenvalue weighted by Crippen LogP contribution is 2.32. The lowest BCUT2D eigenvalue weighted by atomic mass is 10.1. The number of carbonyl (C=O) groups excluding carboxylic acids is 2. The van der Waals surface area contributed by atoms with Crippen molar-refractivity contribution in [2.45, 2.75) is 24.4 Å². The normalized spacial score (nSPS) is 11.8. The van der Waals surface area contributed by atoms with Crippen LogP contribution in [0.5, 0.6) is 11.5 Å². The van der Waals surface area contributed by atoms with Crippen molar-refractivity contribution in [3.05, 3.63) is 82.8 Å². The molecular formula is C27H30BrN3O6S. The van der Waals surface area contributed by atoms with Gasteiger partial charge in [-0.2, -0.15) is 0 Å². The molecular weight excluding hydrogens is 574 g/mol. The summed E-state index contributed by atoms with van der Waals surface area (Å²) in [5.74, 6) is -0.317. The first-order chi connectivity index (χ1) is 18.1. The molecule has 0 radical (unpaired) electrons. The first-order valence-electron chi connectivity index (χ1n) is 11.7. The fourth-order valence-electron chi connectivity index (χ4n) is 3.85. The van der Waals surface area contributed by atoms with Crippen molar-refractivity contribution in [2.75, 3.05) is 32.1 Å². The topological polar surface area (TPSA) is 105 Å². The third kappa shape index (κ3) is 6.65. The molecule has 9 nitrogen and oxygen atoms in total. The zero-order valence-electron chi connectivity index (χ0n) is 21.5. The fraction of sp³-hybridized carbons (Fsp3) is 0.259. The highest BCUT2D eigenvalue weighted by atomic mass is 79.9. The van der Waals surface area contributed by atoms with E-state index in [1.54, 1.807) is 37.3 Å². The number of hydrogen-bond donors (Lipinski definition) is 1. The second-order valence-electron chi connectivity index (χ2n) is 8.31. The smallest absolute Gasteiger partial charge is 0.264 e. The van der Waals surface area contributed by atoms with Crippen molar-refractivity contribution in [1.82, 2.24) is 10.2 Å². The molecule has 1 N–H and O–H groups in total. The fourth-order valence-corrected chi connectivity index (χ4v) is 5.73. The van der Waals surface area contributed by atoms with Crippen LogP contribution in [0.2, 0.25) is 0 Å². The van der Waals surface area contributed by atoms with Crippen LogP contribution in [-0.2, 0) is 26.2 Å². The Morgan fingerprint density at radius 2 is 1.63 bits per heavy atom. The third-order valence-corrected chi connectivity index (χ3v) is 8.18. The van der Waals surface area contributed by atoms with E-state index in [2.05, 4.69) is 21.2 Å². The molecule has 2 amide bonds. The number of nitrogens with one attached hydrogen (secondary N) is 1. The van der Waals surface area contributed by atoms with E-state index in [1.165, 1.54) is 44.4 Å². The SMILES string of the molecule is CNC(=O)C(C)N(Cc1cccc(Br)c1)C(=O)CN(c1ccccc1)S(=O)(=O)c1ccc(OC)c(OC)c1. The van der Waals surface area contributed by atoms with Crippen molar-refractivity contribution in [1.29, 1.82) is 0 Å². The molecule has 0 aliphatic carbocycles. The van der Waals surface area contributed by atoms with Gasteiger partial charge in [0.25, 0.3) is 10.0 Å². The first-order valence-corrected chi connectivity index (χ1v) is 13.9. The highest BCUT2D eigenvalue weighted by Gasteiger charge is 2.32. The van der Waals surface area contributed by atoms with Gasteiger partial charge in [0, 0.05) is 24.1 Å². The van der Waals surface area contributed by atoms with Crippen molar-refractivity contribution >= 4 is 43.5 Å². The predicted octanol–water partition coefficient (Wildman–Crippen LogP) is 3.82. The molecule has 3 aromatic rings. The number of likely N-dealkylation sites (N-methyl/N-ethyl adjacent to an activating group) is 1. The molecule has 202 valence electrons. The van der Waals surface area contributed by atoms with Crippen molar-refractivity contribution < 1.29 is 27.5 Å². The van der Waals surface area contributed by atoms with E-state index in [0.717, 1.165) is 14.3 Å². The first kappa shape index (κ1) is 29.0. The number of amides is 2. The van der Waals surface area contributed by atoms with Gasteiger partial charge in [0.1, 0.15) is 12.6 Å². The summed E-state index contributed by atoms with van der Waals surface area (Å²) in [5.41, 5.74) is 1.07. The van der Waals surface area contributed by atoms with Crippen LogP contribution in [0.3, 0.4) is 0 Å². The Morgan fingerprint density at radius 3 is 2.24 bits per heavy atom. The van der Waals surface area contributed by atoms with Crippen LogP contribution in [0.1, 0.15) is 12.5 Å². The number of rotatable bonds is 11. The van der Waals surface area contributed by atoms with E-state index >= 15 is 0 Å². The molecule has 11 heteroatoms. The van der Waals surface area contributed by atoms with E-state index in [0.29, 0.717) is 11.4 Å². The summed E-state index contributed by atoms with van der Waals surface area (Å²) in [6.07, 6.45) is 0. The van der Waals surface area contributed by atoms with Gasteiger partial charge in [-0.3, -0.25) is 13.9 Å². The van der Waals surface area contributed by atoms with Crippen molar-refractivity contribution in [3.63, 3.8) is 0 Å². The standard InChI is InChI=1S/C27H30BrN3O6S/c1-19(27(33)29-2)30(17-20-9-8-10-21(28)15-20)26(32)18-31(22-11-6-5-7-12-22)38(34,35)23-13-14-24(36-3)25(16-23)37-4/h5-16,19H,17-18H2,1-4H3,(H,29,33). The molecule has 0 saturated heterocycles. The van der Waals surface area contributed by atoms with Gasteiger partial charge >= 0.3 is 0 Å². The zero-order valence-corrected chi connectivity index (χ0v) is 24.0. The number of nitrogens with zero attached hydrogens (tertiary/aromatic N) is 2. The van der Waals surface area contributed by atoms with Crippen molar-refractivity contribution in [2.24, 2.45) is 0 Å². The average Bonchev–Trinajstić information content (AvgIpc) is 2.93. The molecule has 1 unspecified atom stereocenters. The molecule has 3 rings (SSSR count). The summed E-state index contributed by atoms with van der Waals surface area (Å²) in [6.45, 7) is 1.17. The molecule has 38 heavy (non-hydrogen) atoms. The van der Waals surface area contributed by atoms with Crippen LogP contribution < -0.4 is 19.1 Å². The maximum atomic E-state index is 13.9. The molecule has 0 fully saturated rings. The lowest BCUT2D eigenvalue weighted by Crippen LogP contribution is -2.50. The van der Waals surface area contributed by atoms with Crippen LogP contribution in [-0.4, -0.2) is 59.0 Å². The van der Waals surface area contributed by atoms with Crippen LogP contribution in [0.15, 0.2) is 82.2 Å². The number of halogens is 1. The third-order valence-electron chi connectivity index (χ3n) is 5.92. The Labute approximate surface area is 231 Å². The van der Waals surface area contributed by atoms with E-state index in [1.807, 2.05) is 24.3 Å². The molecule has 0 heterocycles. The number of ether oxygens (including phenoxy) is 2. The van der Waals surface area contributed by atoms with Gasteiger partial charge in [0.05, 0.1) is 24.8 Å². The quantitative estimate of drug-likeness (QED) is 0.357. The molecule has 0 bridgehead atoms. The van der Waals surface area contributed by atoms with Crippen LogP contribution in [0.4, 0.5) is 5.69 Å². The Morgan fingerprint density at radius 1 is 0.947 bits per heavy atom. The Bertz CT molecular complexity index is 1380. The summed E-state index contributed by atoms with van der Waals surface area (Å²) in [4.78, 5) is 27.6. The van der Waals surface area contributed by atoms with Crippen LogP contribution in [0, 0.1) is 0 Å². The largest absolute Gasteiger partial charge is 0.493 e. The maximum absolute atomic E-state index is 13.9. The Balaban J connectivity index is 2.04. The Hall–Kier alpha value is -3.57. The monoisotopic (exact) mass is 603 g/mol. The van der Waals surface area contributed by atoms with E-state index in [-0.39, 0.29) is 23.1 Å². The molecule has 0 aliphatic heterocycles. The van der Waals surface area contributed by atoms with Crippen LogP contribution >= 0.6 is 15.9 Å². The summed E-state index contributed by atoms with van der Waals surface area (Å²) < 4.78 is 40.2. The van der Waals surface area contributed by atoms with Gasteiger partial charge in [0.15, 0.2) is 11.5 Å². The molecule has 0 aromatic heterocycles. The van der Waals surface area contributed by atoms with Gasteiger partial charge in [-0.1, -0.05) is 46.3 Å². The predicted molar refractivity (Wildman–Crippen MR) is 149 cm³/mol. The summed E-state index contributed by atoms with van der Waals surface area (Å²) >= 11 is 3.42. The maximum Gasteiger partial charge on any atom is 0.264 e. The van der Waals surface area contributed by atoms with E-state index in [9.17, 15) is 18.0 Å². The number of carbonyl (C=O) groups is 2. The lowest BCUT2D eigenvalue weighted by molar-refractivity contribution is -0.139. The van der Waals surface area contributed by atoms with Gasteiger partial charge in [-0.05, 0) is 48.9 Å². The summed E-state index contributed by atoms with van der Waals surface area (Å²) in [6, 6.07) is 19.0. The number of benzene rings is 3. The van der Waals surface area contributed by atoms with Gasteiger partial charge in [0.2, 0.25) is 11.8 Å². The number of para-hydroxylation sites is 1. The molecule has 3 aromatic carbocycles. The molecule has 0 saturated carbocycles. The molecule has 1 atom stereocenters. The number of hydrogen-bond acceptors (Lipinski definition) is 6. The van der Waals surface area contributed by atoms with E-state index < -0.39 is 28.5 Å². The minimum absolute atomic E-state index is 0.0790. The molecule has 0 spiro atoms. The number of sulfonamides is 1. The summed E-state index contributed by atoms with van der Waals surface area (Å²) in [7, 11) is 0.118. The van der Waals surface area contributed by atoms with Gasteiger partial charge in [-0.25, -0.2) is 8.42 Å². The van der Waals surface area contributed by atoms with E-state index in [4.69, 9.17) is 9.47 Å². The second kappa shape index (κ2) is 12.8. The average molecular weight is 605 g/mol. The Kier molecular flexibility index (Phi) is 9.76. The van der Waals surface area contributed by atoms with Crippen molar-refractivity contribution in [3.8, 4) is 11.5 Å². The molecule has 0 aliphatic rings. The minimum atomic E-state index is -4.23. The number of methoxy groups -OCH3 is 2. The highest BCUT2D eigenvalue weighted by molar-refractivity contribution is 9.10.